The highest BCUT2D eigenvalue weighted by molar-refractivity contribution is 5.81. The van der Waals surface area contributed by atoms with Gasteiger partial charge in [0.15, 0.2) is 0 Å². The van der Waals surface area contributed by atoms with Gasteiger partial charge >= 0.3 is 0 Å². The molecule has 1 rings (SSSR count). The molecule has 0 bridgehead atoms. The topological polar surface area (TPSA) is 72.9 Å². The first-order chi connectivity index (χ1) is 8.86. The third-order valence-electron chi connectivity index (χ3n) is 3.49. The van der Waals surface area contributed by atoms with E-state index in [0.29, 0.717) is 0 Å². The van der Waals surface area contributed by atoms with Gasteiger partial charge in [0.25, 0.3) is 0 Å². The highest BCUT2D eigenvalue weighted by Gasteiger charge is 2.17. The molecule has 0 saturated carbocycles. The van der Waals surface area contributed by atoms with Crippen LogP contribution in [0.5, 0.6) is 0 Å². The number of carbonyl (C=O) groups is 1. The molecule has 19 heavy (non-hydrogen) atoms. The average molecular weight is 266 g/mol. The van der Waals surface area contributed by atoms with E-state index in [0.717, 1.165) is 30.7 Å². The number of nitrogens with zero attached hydrogens (tertiary/aromatic N) is 2. The summed E-state index contributed by atoms with van der Waals surface area (Å²) in [4.78, 5) is 11.9. The van der Waals surface area contributed by atoms with Crippen LogP contribution >= 0.6 is 0 Å². The second-order valence-corrected chi connectivity index (χ2v) is 5.28. The summed E-state index contributed by atoms with van der Waals surface area (Å²) in [5.74, 6) is -0.0615. The summed E-state index contributed by atoms with van der Waals surface area (Å²) in [6.07, 6.45) is 2.43. The van der Waals surface area contributed by atoms with Crippen molar-refractivity contribution in [3.05, 3.63) is 17.0 Å². The maximum atomic E-state index is 11.9. The Morgan fingerprint density at radius 2 is 2.11 bits per heavy atom. The number of aromatic nitrogens is 2. The summed E-state index contributed by atoms with van der Waals surface area (Å²) in [6.45, 7) is 8.08. The third-order valence-corrected chi connectivity index (χ3v) is 3.49. The lowest BCUT2D eigenvalue weighted by molar-refractivity contribution is -0.123. The van der Waals surface area contributed by atoms with E-state index in [4.69, 9.17) is 5.73 Å². The molecule has 3 N–H and O–H groups in total. The van der Waals surface area contributed by atoms with E-state index in [1.807, 2.05) is 39.4 Å². The van der Waals surface area contributed by atoms with Gasteiger partial charge in [-0.2, -0.15) is 5.10 Å². The van der Waals surface area contributed by atoms with Crippen LogP contribution in [-0.4, -0.2) is 27.8 Å². The number of rotatable bonds is 6. The zero-order valence-corrected chi connectivity index (χ0v) is 12.7. The van der Waals surface area contributed by atoms with Crippen LogP contribution in [0.1, 0.15) is 43.6 Å². The van der Waals surface area contributed by atoms with Crippen molar-refractivity contribution < 1.29 is 4.79 Å². The second kappa shape index (κ2) is 6.70. The minimum absolute atomic E-state index is 0.0615. The summed E-state index contributed by atoms with van der Waals surface area (Å²) in [7, 11) is 1.94. The molecule has 1 aromatic heterocycles. The molecule has 1 heterocycles. The van der Waals surface area contributed by atoms with E-state index in [1.54, 1.807) is 0 Å². The fraction of sp³-hybridized carbons (Fsp3) is 0.714. The van der Waals surface area contributed by atoms with E-state index in [1.165, 1.54) is 5.56 Å². The van der Waals surface area contributed by atoms with Crippen molar-refractivity contribution in [2.75, 3.05) is 0 Å². The van der Waals surface area contributed by atoms with Gasteiger partial charge in [-0.15, -0.1) is 0 Å². The molecule has 108 valence electrons. The Morgan fingerprint density at radius 1 is 1.47 bits per heavy atom. The van der Waals surface area contributed by atoms with Gasteiger partial charge < -0.3 is 11.1 Å². The SMILES string of the molecule is CCCC(N)C(=O)NC(C)Cc1c(C)nn(C)c1C. The van der Waals surface area contributed by atoms with Gasteiger partial charge in [0.05, 0.1) is 11.7 Å². The lowest BCUT2D eigenvalue weighted by Gasteiger charge is -2.17. The molecular weight excluding hydrogens is 240 g/mol. The molecule has 2 unspecified atom stereocenters. The van der Waals surface area contributed by atoms with Gasteiger partial charge in [-0.25, -0.2) is 0 Å². The van der Waals surface area contributed by atoms with Gasteiger partial charge in [0.1, 0.15) is 0 Å². The number of nitrogens with two attached hydrogens (primary N) is 1. The van der Waals surface area contributed by atoms with Crippen LogP contribution in [0, 0.1) is 13.8 Å². The second-order valence-electron chi connectivity index (χ2n) is 5.28. The molecule has 5 heteroatoms. The van der Waals surface area contributed by atoms with Gasteiger partial charge in [0.2, 0.25) is 5.91 Å². The largest absolute Gasteiger partial charge is 0.352 e. The summed E-state index contributed by atoms with van der Waals surface area (Å²) in [5, 5.41) is 7.36. The zero-order valence-electron chi connectivity index (χ0n) is 12.7. The first kappa shape index (κ1) is 15.7. The fourth-order valence-corrected chi connectivity index (χ4v) is 2.26. The van der Waals surface area contributed by atoms with Crippen molar-refractivity contribution in [3.63, 3.8) is 0 Å². The van der Waals surface area contributed by atoms with Gasteiger partial charge in [-0.1, -0.05) is 13.3 Å². The van der Waals surface area contributed by atoms with E-state index < -0.39 is 6.04 Å². The molecule has 1 amide bonds. The van der Waals surface area contributed by atoms with Crippen molar-refractivity contribution >= 4 is 5.91 Å². The summed E-state index contributed by atoms with van der Waals surface area (Å²) in [5.41, 5.74) is 9.19. The van der Waals surface area contributed by atoms with E-state index in [-0.39, 0.29) is 11.9 Å². The Morgan fingerprint density at radius 3 is 2.58 bits per heavy atom. The molecule has 0 spiro atoms. The van der Waals surface area contributed by atoms with Gasteiger partial charge in [0, 0.05) is 18.8 Å². The van der Waals surface area contributed by atoms with Crippen LogP contribution in [0.2, 0.25) is 0 Å². The van der Waals surface area contributed by atoms with E-state index in [2.05, 4.69) is 10.4 Å². The predicted molar refractivity (Wildman–Crippen MR) is 76.9 cm³/mol. The highest BCUT2D eigenvalue weighted by Crippen LogP contribution is 2.14. The van der Waals surface area contributed by atoms with Crippen molar-refractivity contribution in [2.24, 2.45) is 12.8 Å². The number of hydrogen-bond acceptors (Lipinski definition) is 3. The average Bonchev–Trinajstić information content (AvgIpc) is 2.56. The van der Waals surface area contributed by atoms with Crippen molar-refractivity contribution in [2.45, 2.75) is 59.0 Å². The molecular formula is C14H26N4O. The monoisotopic (exact) mass is 266 g/mol. The van der Waals surface area contributed by atoms with Crippen LogP contribution in [0.4, 0.5) is 0 Å². The van der Waals surface area contributed by atoms with Crippen LogP contribution < -0.4 is 11.1 Å². The van der Waals surface area contributed by atoms with Crippen molar-refractivity contribution in [1.82, 2.24) is 15.1 Å². The normalized spacial score (nSPS) is 14.2. The molecule has 0 aliphatic rings. The molecule has 0 fully saturated rings. The Hall–Kier alpha value is -1.36. The quantitative estimate of drug-likeness (QED) is 0.813. The summed E-state index contributed by atoms with van der Waals surface area (Å²) >= 11 is 0. The highest BCUT2D eigenvalue weighted by atomic mass is 16.2. The lowest BCUT2D eigenvalue weighted by atomic mass is 10.0. The maximum Gasteiger partial charge on any atom is 0.237 e. The van der Waals surface area contributed by atoms with Crippen molar-refractivity contribution in [3.8, 4) is 0 Å². The molecule has 0 saturated heterocycles. The number of nitrogens with one attached hydrogen (secondary N) is 1. The van der Waals surface area contributed by atoms with Crippen molar-refractivity contribution in [1.29, 1.82) is 0 Å². The Balaban J connectivity index is 2.60. The van der Waals surface area contributed by atoms with Gasteiger partial charge in [-0.05, 0) is 39.2 Å². The molecule has 5 nitrogen and oxygen atoms in total. The van der Waals surface area contributed by atoms with Crippen LogP contribution in [0.25, 0.3) is 0 Å². The molecule has 0 radical (unpaired) electrons. The summed E-state index contributed by atoms with van der Waals surface area (Å²) in [6, 6.07) is -0.333. The lowest BCUT2D eigenvalue weighted by Crippen LogP contribution is -2.45. The Kier molecular flexibility index (Phi) is 5.54. The number of amides is 1. The fourth-order valence-electron chi connectivity index (χ4n) is 2.26. The first-order valence-electron chi connectivity index (χ1n) is 6.91. The van der Waals surface area contributed by atoms with Crippen LogP contribution in [0.15, 0.2) is 0 Å². The minimum Gasteiger partial charge on any atom is -0.352 e. The minimum atomic E-state index is -0.399. The maximum absolute atomic E-state index is 11.9. The molecule has 1 aromatic rings. The van der Waals surface area contributed by atoms with E-state index >= 15 is 0 Å². The third kappa shape index (κ3) is 4.06. The zero-order chi connectivity index (χ0) is 14.6. The molecule has 2 atom stereocenters. The van der Waals surface area contributed by atoms with Crippen LogP contribution in [-0.2, 0) is 18.3 Å². The Bertz CT molecular complexity index is 439. The number of hydrogen-bond donors (Lipinski definition) is 2. The number of aryl methyl sites for hydroxylation is 2. The molecule has 0 aliphatic heterocycles. The first-order valence-corrected chi connectivity index (χ1v) is 6.91. The summed E-state index contributed by atoms with van der Waals surface area (Å²) < 4.78 is 1.88. The predicted octanol–water partition coefficient (Wildman–Crippen LogP) is 1.21. The van der Waals surface area contributed by atoms with Gasteiger partial charge in [-0.3, -0.25) is 9.48 Å². The molecule has 0 aliphatic carbocycles. The van der Waals surface area contributed by atoms with Crippen LogP contribution in [0.3, 0.4) is 0 Å². The molecule has 0 aromatic carbocycles. The Labute approximate surface area is 115 Å². The smallest absolute Gasteiger partial charge is 0.237 e. The number of carbonyl (C=O) groups excluding carboxylic acids is 1. The van der Waals surface area contributed by atoms with E-state index in [9.17, 15) is 4.79 Å². The standard InChI is InChI=1S/C14H26N4O/c1-6-7-13(15)14(19)16-9(2)8-12-10(3)17-18(5)11(12)4/h9,13H,6-8,15H2,1-5H3,(H,16,19).